The highest BCUT2D eigenvalue weighted by atomic mass is 16.5. The first kappa shape index (κ1) is 16.8. The minimum absolute atomic E-state index is 0.0647. The first-order valence-corrected chi connectivity index (χ1v) is 7.99. The lowest BCUT2D eigenvalue weighted by Gasteiger charge is -2.36. The predicted molar refractivity (Wildman–Crippen MR) is 94.5 cm³/mol. The van der Waals surface area contributed by atoms with Gasteiger partial charge in [-0.25, -0.2) is 0 Å². The maximum atomic E-state index is 5.95. The van der Waals surface area contributed by atoms with Crippen LogP contribution in [0.2, 0.25) is 0 Å². The summed E-state index contributed by atoms with van der Waals surface area (Å²) in [5.41, 5.74) is 5.27. The van der Waals surface area contributed by atoms with Gasteiger partial charge in [-0.1, -0.05) is 80.4 Å². The summed E-state index contributed by atoms with van der Waals surface area (Å²) in [7, 11) is 1.82. The second-order valence-electron chi connectivity index (χ2n) is 7.32. The Labute approximate surface area is 135 Å². The molecule has 0 aromatic heterocycles. The molecule has 0 aliphatic heterocycles. The lowest BCUT2D eigenvalue weighted by Crippen LogP contribution is -2.35. The van der Waals surface area contributed by atoms with E-state index < -0.39 is 0 Å². The highest BCUT2D eigenvalue weighted by Crippen LogP contribution is 2.38. The molecule has 0 heterocycles. The van der Waals surface area contributed by atoms with Crippen LogP contribution in [0.5, 0.6) is 0 Å². The zero-order valence-corrected chi connectivity index (χ0v) is 14.7. The van der Waals surface area contributed by atoms with Crippen molar-refractivity contribution in [2.45, 2.75) is 46.6 Å². The van der Waals surface area contributed by atoms with Crippen LogP contribution in [0.3, 0.4) is 0 Å². The smallest absolute Gasteiger partial charge is 0.0728 e. The molecule has 0 aliphatic carbocycles. The van der Waals surface area contributed by atoms with Crippen LogP contribution in [0.15, 0.2) is 48.5 Å². The van der Waals surface area contributed by atoms with Gasteiger partial charge in [0.25, 0.3) is 0 Å². The number of ether oxygens (including phenoxy) is 1. The summed E-state index contributed by atoms with van der Waals surface area (Å²) in [5, 5.41) is 0. The topological polar surface area (TPSA) is 9.23 Å². The molecule has 0 amide bonds. The van der Waals surface area contributed by atoms with Gasteiger partial charge in [-0.05, 0) is 30.4 Å². The second kappa shape index (κ2) is 6.66. The number of hydrogen-bond donors (Lipinski definition) is 0. The van der Waals surface area contributed by atoms with Gasteiger partial charge in [0.15, 0.2) is 0 Å². The van der Waals surface area contributed by atoms with Crippen molar-refractivity contribution < 1.29 is 4.74 Å². The van der Waals surface area contributed by atoms with Crippen LogP contribution in [0.1, 0.15) is 48.9 Å². The van der Waals surface area contributed by atoms with Crippen molar-refractivity contribution >= 4 is 0 Å². The van der Waals surface area contributed by atoms with Gasteiger partial charge in [0.05, 0.1) is 6.10 Å². The first-order chi connectivity index (χ1) is 10.3. The molecule has 22 heavy (non-hydrogen) atoms. The monoisotopic (exact) mass is 296 g/mol. The number of hydrogen-bond acceptors (Lipinski definition) is 1. The van der Waals surface area contributed by atoms with E-state index in [0.29, 0.717) is 0 Å². The molecule has 0 fully saturated rings. The van der Waals surface area contributed by atoms with E-state index in [4.69, 9.17) is 4.74 Å². The van der Waals surface area contributed by atoms with Crippen LogP contribution in [0.4, 0.5) is 0 Å². The SMILES string of the molecule is COC(C(c1ccc(C)cc1)c1ccc(C)cc1)C(C)(C)C. The van der Waals surface area contributed by atoms with Gasteiger partial charge in [-0.15, -0.1) is 0 Å². The van der Waals surface area contributed by atoms with Crippen molar-refractivity contribution in [1.29, 1.82) is 0 Å². The van der Waals surface area contributed by atoms with Crippen LogP contribution in [0.25, 0.3) is 0 Å². The van der Waals surface area contributed by atoms with Crippen molar-refractivity contribution in [1.82, 2.24) is 0 Å². The van der Waals surface area contributed by atoms with E-state index in [1.165, 1.54) is 22.3 Å². The average molecular weight is 296 g/mol. The Morgan fingerprint density at radius 1 is 0.727 bits per heavy atom. The van der Waals surface area contributed by atoms with Crippen molar-refractivity contribution in [3.05, 3.63) is 70.8 Å². The second-order valence-corrected chi connectivity index (χ2v) is 7.32. The summed E-state index contributed by atoms with van der Waals surface area (Å²) in [5.74, 6) is 0.242. The summed E-state index contributed by atoms with van der Waals surface area (Å²) in [4.78, 5) is 0. The fraction of sp³-hybridized carbons (Fsp3) is 0.429. The van der Waals surface area contributed by atoms with Gasteiger partial charge in [-0.3, -0.25) is 0 Å². The van der Waals surface area contributed by atoms with E-state index in [1.807, 2.05) is 7.11 Å². The third-order valence-corrected chi connectivity index (χ3v) is 4.28. The molecule has 2 aromatic rings. The van der Waals surface area contributed by atoms with Crippen LogP contribution < -0.4 is 0 Å². The van der Waals surface area contributed by atoms with Crippen LogP contribution in [-0.4, -0.2) is 13.2 Å². The van der Waals surface area contributed by atoms with Crippen molar-refractivity contribution in [3.63, 3.8) is 0 Å². The number of methoxy groups -OCH3 is 1. The molecule has 0 saturated heterocycles. The summed E-state index contributed by atoms with van der Waals surface area (Å²) in [6, 6.07) is 17.7. The Morgan fingerprint density at radius 3 is 1.36 bits per heavy atom. The highest BCUT2D eigenvalue weighted by molar-refractivity contribution is 5.37. The molecule has 0 saturated carbocycles. The zero-order valence-electron chi connectivity index (χ0n) is 14.7. The van der Waals surface area contributed by atoms with E-state index in [1.54, 1.807) is 0 Å². The van der Waals surface area contributed by atoms with Gasteiger partial charge < -0.3 is 4.74 Å². The number of rotatable bonds is 4. The lowest BCUT2D eigenvalue weighted by molar-refractivity contribution is 0.00499. The van der Waals surface area contributed by atoms with Crippen molar-refractivity contribution in [2.75, 3.05) is 7.11 Å². The Balaban J connectivity index is 2.53. The molecule has 1 unspecified atom stereocenters. The maximum absolute atomic E-state index is 5.95. The maximum Gasteiger partial charge on any atom is 0.0728 e. The summed E-state index contributed by atoms with van der Waals surface area (Å²) < 4.78 is 5.95. The van der Waals surface area contributed by atoms with Gasteiger partial charge in [0.2, 0.25) is 0 Å². The Morgan fingerprint density at radius 2 is 1.09 bits per heavy atom. The zero-order chi connectivity index (χ0) is 16.3. The Bertz CT molecular complexity index is 542. The molecule has 1 nitrogen and oxygen atoms in total. The minimum atomic E-state index is 0.0647. The molecule has 2 rings (SSSR count). The largest absolute Gasteiger partial charge is 0.380 e. The molecule has 2 aromatic carbocycles. The van der Waals surface area contributed by atoms with E-state index in [0.717, 1.165) is 0 Å². The Hall–Kier alpha value is -1.60. The molecule has 0 N–H and O–H groups in total. The fourth-order valence-electron chi connectivity index (χ4n) is 3.08. The summed E-state index contributed by atoms with van der Waals surface area (Å²) in [6.07, 6.45) is 0.123. The van der Waals surface area contributed by atoms with E-state index >= 15 is 0 Å². The third-order valence-electron chi connectivity index (χ3n) is 4.28. The van der Waals surface area contributed by atoms with Crippen LogP contribution in [0, 0.1) is 19.3 Å². The predicted octanol–water partition coefficient (Wildman–Crippen LogP) is 5.50. The number of benzene rings is 2. The summed E-state index contributed by atoms with van der Waals surface area (Å²) in [6.45, 7) is 11.0. The van der Waals surface area contributed by atoms with Gasteiger partial charge in [0.1, 0.15) is 0 Å². The molecular weight excluding hydrogens is 268 g/mol. The molecular formula is C21H28O. The molecule has 0 spiro atoms. The third kappa shape index (κ3) is 3.78. The fourth-order valence-corrected chi connectivity index (χ4v) is 3.08. The molecule has 0 bridgehead atoms. The van der Waals surface area contributed by atoms with Crippen LogP contribution in [-0.2, 0) is 4.74 Å². The molecule has 1 heteroatoms. The van der Waals surface area contributed by atoms with Gasteiger partial charge >= 0.3 is 0 Å². The van der Waals surface area contributed by atoms with E-state index in [2.05, 4.69) is 83.1 Å². The standard InChI is InChI=1S/C21H28O/c1-15-7-11-17(12-8-15)19(20(22-6)21(3,4)5)18-13-9-16(2)10-14-18/h7-14,19-20H,1-6H3. The van der Waals surface area contributed by atoms with Gasteiger partial charge in [0, 0.05) is 13.0 Å². The normalized spacial score (nSPS) is 13.4. The number of aryl methyl sites for hydroxylation is 2. The highest BCUT2D eigenvalue weighted by Gasteiger charge is 2.34. The van der Waals surface area contributed by atoms with Crippen molar-refractivity contribution in [2.24, 2.45) is 5.41 Å². The lowest BCUT2D eigenvalue weighted by atomic mass is 9.75. The van der Waals surface area contributed by atoms with Gasteiger partial charge in [-0.2, -0.15) is 0 Å². The summed E-state index contributed by atoms with van der Waals surface area (Å²) >= 11 is 0. The Kier molecular flexibility index (Phi) is 5.08. The first-order valence-electron chi connectivity index (χ1n) is 7.99. The van der Waals surface area contributed by atoms with E-state index in [9.17, 15) is 0 Å². The average Bonchev–Trinajstić information content (AvgIpc) is 2.46. The molecule has 118 valence electrons. The molecule has 0 aliphatic rings. The van der Waals surface area contributed by atoms with Crippen LogP contribution >= 0.6 is 0 Å². The molecule has 0 radical (unpaired) electrons. The molecule has 1 atom stereocenters. The van der Waals surface area contributed by atoms with Crippen molar-refractivity contribution in [3.8, 4) is 0 Å². The van der Waals surface area contributed by atoms with E-state index in [-0.39, 0.29) is 17.4 Å². The quantitative estimate of drug-likeness (QED) is 0.724. The minimum Gasteiger partial charge on any atom is -0.380 e.